The first-order valence-corrected chi connectivity index (χ1v) is 6.44. The van der Waals surface area contributed by atoms with Crippen molar-refractivity contribution in [3.05, 3.63) is 23.3 Å². The lowest BCUT2D eigenvalue weighted by Gasteiger charge is -2.29. The van der Waals surface area contributed by atoms with E-state index in [4.69, 9.17) is 9.47 Å². The van der Waals surface area contributed by atoms with Crippen LogP contribution in [-0.2, 0) is 13.0 Å². The molecule has 0 amide bonds. The fraction of sp³-hybridized carbons (Fsp3) is 0.571. The van der Waals surface area contributed by atoms with Gasteiger partial charge in [0.2, 0.25) is 0 Å². The van der Waals surface area contributed by atoms with Crippen LogP contribution in [-0.4, -0.2) is 19.8 Å². The van der Waals surface area contributed by atoms with Gasteiger partial charge < -0.3 is 14.8 Å². The minimum atomic E-state index is 0. The van der Waals surface area contributed by atoms with Crippen molar-refractivity contribution in [2.75, 3.05) is 13.7 Å². The number of ether oxygens (including phenoxy) is 2. The predicted molar refractivity (Wildman–Crippen MR) is 73.9 cm³/mol. The number of rotatable bonds is 3. The molecule has 3 rings (SSSR count). The number of hydrogen-bond donors (Lipinski definition) is 1. The van der Waals surface area contributed by atoms with Crippen molar-refractivity contribution in [2.24, 2.45) is 0 Å². The highest BCUT2D eigenvalue weighted by molar-refractivity contribution is 5.85. The topological polar surface area (TPSA) is 30.5 Å². The lowest BCUT2D eigenvalue weighted by molar-refractivity contribution is 0.116. The summed E-state index contributed by atoms with van der Waals surface area (Å²) in [6.07, 6.45) is 5.09. The Morgan fingerprint density at radius 3 is 2.78 bits per heavy atom. The zero-order chi connectivity index (χ0) is 11.7. The summed E-state index contributed by atoms with van der Waals surface area (Å²) < 4.78 is 11.6. The van der Waals surface area contributed by atoms with Gasteiger partial charge in [-0.3, -0.25) is 0 Å². The van der Waals surface area contributed by atoms with Crippen molar-refractivity contribution >= 4 is 12.4 Å². The van der Waals surface area contributed by atoms with E-state index < -0.39 is 0 Å². The average Bonchev–Trinajstić information content (AvgIpc) is 2.33. The molecule has 1 aliphatic carbocycles. The maximum atomic E-state index is 5.99. The Hall–Kier alpha value is -0.930. The summed E-state index contributed by atoms with van der Waals surface area (Å²) >= 11 is 0. The maximum Gasteiger partial charge on any atom is 0.164 e. The summed E-state index contributed by atoms with van der Waals surface area (Å²) in [7, 11) is 1.74. The van der Waals surface area contributed by atoms with Gasteiger partial charge in [-0.15, -0.1) is 12.4 Å². The van der Waals surface area contributed by atoms with Gasteiger partial charge in [0.15, 0.2) is 11.5 Å². The average molecular weight is 270 g/mol. The van der Waals surface area contributed by atoms with Crippen molar-refractivity contribution in [3.63, 3.8) is 0 Å². The molecule has 1 aliphatic heterocycles. The molecule has 1 N–H and O–H groups in total. The van der Waals surface area contributed by atoms with Gasteiger partial charge in [0, 0.05) is 12.1 Å². The summed E-state index contributed by atoms with van der Waals surface area (Å²) in [6, 6.07) is 4.22. The van der Waals surface area contributed by atoms with E-state index in [1.165, 1.54) is 30.4 Å². The van der Waals surface area contributed by atoms with Gasteiger partial charge in [0.05, 0.1) is 13.2 Å². The molecule has 0 radical (unpaired) electrons. The molecule has 0 aromatic heterocycles. The van der Waals surface area contributed by atoms with Gasteiger partial charge in [-0.25, -0.2) is 0 Å². The Balaban J connectivity index is 0.00000120. The first-order chi connectivity index (χ1) is 8.38. The van der Waals surface area contributed by atoms with Gasteiger partial charge in [-0.2, -0.15) is 0 Å². The van der Waals surface area contributed by atoms with Gasteiger partial charge in [0.1, 0.15) is 0 Å². The molecule has 1 aromatic carbocycles. The molecule has 1 fully saturated rings. The smallest absolute Gasteiger partial charge is 0.164 e. The molecule has 2 aliphatic rings. The quantitative estimate of drug-likeness (QED) is 0.915. The normalized spacial score (nSPS) is 18.3. The molecule has 0 bridgehead atoms. The molecule has 3 nitrogen and oxygen atoms in total. The highest BCUT2D eigenvalue weighted by Crippen LogP contribution is 2.37. The van der Waals surface area contributed by atoms with Crippen molar-refractivity contribution in [1.29, 1.82) is 0 Å². The number of halogens is 1. The zero-order valence-corrected chi connectivity index (χ0v) is 11.5. The Labute approximate surface area is 114 Å². The van der Waals surface area contributed by atoms with E-state index in [-0.39, 0.29) is 12.4 Å². The van der Waals surface area contributed by atoms with Crippen molar-refractivity contribution in [1.82, 2.24) is 5.32 Å². The first kappa shape index (κ1) is 13.5. The molecular weight excluding hydrogens is 250 g/mol. The lowest BCUT2D eigenvalue weighted by Crippen LogP contribution is -2.26. The second-order valence-electron chi connectivity index (χ2n) is 4.83. The second kappa shape index (κ2) is 5.81. The standard InChI is InChI=1S/C14H19NO2.ClH/c1-16-14-12-7-8-15-9-10(12)5-6-13(14)17-11-3-2-4-11;/h5-6,11,15H,2-4,7-9H2,1H3;1H. The Bertz CT molecular complexity index is 419. The Kier molecular flexibility index (Phi) is 4.36. The van der Waals surface area contributed by atoms with Crippen LogP contribution in [0.4, 0.5) is 0 Å². The van der Waals surface area contributed by atoms with Gasteiger partial charge >= 0.3 is 0 Å². The van der Waals surface area contributed by atoms with Crippen LogP contribution >= 0.6 is 12.4 Å². The molecule has 1 heterocycles. The number of methoxy groups -OCH3 is 1. The van der Waals surface area contributed by atoms with E-state index in [2.05, 4.69) is 17.4 Å². The largest absolute Gasteiger partial charge is 0.493 e. The first-order valence-electron chi connectivity index (χ1n) is 6.44. The summed E-state index contributed by atoms with van der Waals surface area (Å²) in [6.45, 7) is 1.96. The summed E-state index contributed by atoms with van der Waals surface area (Å²) in [4.78, 5) is 0. The lowest BCUT2D eigenvalue weighted by atomic mass is 9.95. The number of fused-ring (bicyclic) bond motifs is 1. The minimum absolute atomic E-state index is 0. The van der Waals surface area contributed by atoms with Gasteiger partial charge in [-0.05, 0) is 43.9 Å². The Morgan fingerprint density at radius 1 is 1.28 bits per heavy atom. The van der Waals surface area contributed by atoms with E-state index in [0.717, 1.165) is 31.0 Å². The number of nitrogens with one attached hydrogen (secondary N) is 1. The fourth-order valence-corrected chi connectivity index (χ4v) is 2.51. The molecule has 1 aromatic rings. The van der Waals surface area contributed by atoms with Crippen LogP contribution < -0.4 is 14.8 Å². The molecule has 4 heteroatoms. The number of benzene rings is 1. The third-order valence-electron chi connectivity index (χ3n) is 3.74. The molecule has 100 valence electrons. The van der Waals surface area contributed by atoms with E-state index in [9.17, 15) is 0 Å². The third kappa shape index (κ3) is 2.43. The van der Waals surface area contributed by atoms with Crippen molar-refractivity contribution in [2.45, 2.75) is 38.3 Å². The summed E-state index contributed by atoms with van der Waals surface area (Å²) in [5.74, 6) is 1.88. The van der Waals surface area contributed by atoms with Crippen LogP contribution in [0.25, 0.3) is 0 Å². The molecule has 1 saturated carbocycles. The second-order valence-corrected chi connectivity index (χ2v) is 4.83. The van der Waals surface area contributed by atoms with Gasteiger partial charge in [0.25, 0.3) is 0 Å². The zero-order valence-electron chi connectivity index (χ0n) is 10.7. The molecule has 0 atom stereocenters. The maximum absolute atomic E-state index is 5.99. The van der Waals surface area contributed by atoms with Crippen LogP contribution in [0.2, 0.25) is 0 Å². The molecule has 0 spiro atoms. The van der Waals surface area contributed by atoms with Crippen LogP contribution in [0.15, 0.2) is 12.1 Å². The van der Waals surface area contributed by atoms with Crippen LogP contribution in [0.1, 0.15) is 30.4 Å². The number of hydrogen-bond acceptors (Lipinski definition) is 3. The van der Waals surface area contributed by atoms with Crippen LogP contribution in [0, 0.1) is 0 Å². The SMILES string of the molecule is COc1c(OC2CCC2)ccc2c1CCNC2.Cl. The molecule has 0 saturated heterocycles. The van der Waals surface area contributed by atoms with E-state index in [1.807, 2.05) is 0 Å². The third-order valence-corrected chi connectivity index (χ3v) is 3.74. The van der Waals surface area contributed by atoms with E-state index in [1.54, 1.807) is 7.11 Å². The highest BCUT2D eigenvalue weighted by Gasteiger charge is 2.23. The van der Waals surface area contributed by atoms with Crippen molar-refractivity contribution < 1.29 is 9.47 Å². The highest BCUT2D eigenvalue weighted by atomic mass is 35.5. The molecular formula is C14H20ClNO2. The summed E-state index contributed by atoms with van der Waals surface area (Å²) in [5, 5.41) is 3.38. The van der Waals surface area contributed by atoms with Crippen LogP contribution in [0.3, 0.4) is 0 Å². The van der Waals surface area contributed by atoms with E-state index in [0.29, 0.717) is 6.10 Å². The van der Waals surface area contributed by atoms with E-state index >= 15 is 0 Å². The predicted octanol–water partition coefficient (Wildman–Crippen LogP) is 2.69. The van der Waals surface area contributed by atoms with Gasteiger partial charge in [-0.1, -0.05) is 6.07 Å². The van der Waals surface area contributed by atoms with Crippen LogP contribution in [0.5, 0.6) is 11.5 Å². The van der Waals surface area contributed by atoms with Crippen molar-refractivity contribution in [3.8, 4) is 11.5 Å². The fourth-order valence-electron chi connectivity index (χ4n) is 2.51. The Morgan fingerprint density at radius 2 is 2.11 bits per heavy atom. The molecule has 18 heavy (non-hydrogen) atoms. The molecule has 0 unspecified atom stereocenters. The summed E-state index contributed by atoms with van der Waals surface area (Å²) in [5.41, 5.74) is 2.66. The monoisotopic (exact) mass is 269 g/mol. The minimum Gasteiger partial charge on any atom is -0.493 e.